The number of nitrogens with zero attached hydrogens (tertiary/aromatic N) is 1. The van der Waals surface area contributed by atoms with Gasteiger partial charge in [0.25, 0.3) is 0 Å². The average molecular weight is 369 g/mol. The summed E-state index contributed by atoms with van der Waals surface area (Å²) < 4.78 is 11.1. The average Bonchev–Trinajstić information content (AvgIpc) is 3.17. The first-order valence-electron chi connectivity index (χ1n) is 9.34. The summed E-state index contributed by atoms with van der Waals surface area (Å²) in [6.45, 7) is 0.912. The first-order chi connectivity index (χ1) is 13.1. The van der Waals surface area contributed by atoms with E-state index in [1.54, 1.807) is 26.4 Å². The molecular weight excluding hydrogens is 344 g/mol. The number of methoxy groups -OCH3 is 2. The van der Waals surface area contributed by atoms with Crippen LogP contribution in [0.3, 0.4) is 0 Å². The van der Waals surface area contributed by atoms with Gasteiger partial charge in [-0.3, -0.25) is 5.21 Å². The van der Waals surface area contributed by atoms with Gasteiger partial charge in [-0.2, -0.15) is 0 Å². The smallest absolute Gasteiger partial charge is 0.161 e. The highest BCUT2D eigenvalue weighted by atomic mass is 16.8. The Morgan fingerprint density at radius 2 is 1.70 bits per heavy atom. The van der Waals surface area contributed by atoms with Gasteiger partial charge < -0.3 is 25.2 Å². The fourth-order valence-corrected chi connectivity index (χ4v) is 4.69. The molecule has 1 heterocycles. The van der Waals surface area contributed by atoms with E-state index >= 15 is 0 Å². The molecule has 144 valence electrons. The molecule has 1 aliphatic heterocycles. The molecule has 0 amide bonds. The lowest BCUT2D eigenvalue weighted by Crippen LogP contribution is -2.44. The van der Waals surface area contributed by atoms with Crippen molar-refractivity contribution in [2.45, 2.75) is 37.1 Å². The van der Waals surface area contributed by atoms with E-state index in [1.807, 2.05) is 12.1 Å². The molecular formula is C21H25N2O4-. The van der Waals surface area contributed by atoms with Crippen molar-refractivity contribution >= 4 is 5.69 Å². The lowest BCUT2D eigenvalue weighted by molar-refractivity contribution is 0.296. The molecule has 1 atom stereocenters. The van der Waals surface area contributed by atoms with Crippen LogP contribution in [0.5, 0.6) is 11.5 Å². The third-order valence-corrected chi connectivity index (χ3v) is 6.09. The van der Waals surface area contributed by atoms with Crippen molar-refractivity contribution < 1.29 is 14.7 Å². The highest BCUT2D eigenvalue weighted by Crippen LogP contribution is 2.50. The molecule has 0 radical (unpaired) electrons. The minimum absolute atomic E-state index is 0.00104. The second-order valence-corrected chi connectivity index (χ2v) is 7.46. The molecule has 1 fully saturated rings. The Labute approximate surface area is 159 Å². The van der Waals surface area contributed by atoms with Crippen LogP contribution >= 0.6 is 0 Å². The van der Waals surface area contributed by atoms with E-state index in [1.165, 1.54) is 36.8 Å². The monoisotopic (exact) mass is 369 g/mol. The Kier molecular flexibility index (Phi) is 4.72. The maximum atomic E-state index is 11.1. The van der Waals surface area contributed by atoms with Gasteiger partial charge in [-0.25, -0.2) is 0 Å². The van der Waals surface area contributed by atoms with Crippen LogP contribution in [0.2, 0.25) is 0 Å². The Hall–Kier alpha value is -2.28. The maximum Gasteiger partial charge on any atom is 0.161 e. The fourth-order valence-electron chi connectivity index (χ4n) is 4.69. The van der Waals surface area contributed by atoms with Crippen LogP contribution < -0.4 is 20.0 Å². The van der Waals surface area contributed by atoms with Gasteiger partial charge in [0.2, 0.25) is 0 Å². The van der Waals surface area contributed by atoms with Crippen LogP contribution in [-0.4, -0.2) is 26.0 Å². The molecule has 27 heavy (non-hydrogen) atoms. The van der Waals surface area contributed by atoms with Crippen LogP contribution in [-0.2, 0) is 5.41 Å². The Balaban J connectivity index is 1.82. The number of anilines is 1. The predicted molar refractivity (Wildman–Crippen MR) is 104 cm³/mol. The summed E-state index contributed by atoms with van der Waals surface area (Å²) in [5, 5.41) is 23.8. The highest BCUT2D eigenvalue weighted by Gasteiger charge is 2.42. The second kappa shape index (κ2) is 7.03. The number of hydrogen-bond acceptors (Lipinski definition) is 6. The number of ether oxygens (including phenoxy) is 2. The van der Waals surface area contributed by atoms with Gasteiger partial charge in [0, 0.05) is 12.0 Å². The Morgan fingerprint density at radius 3 is 2.30 bits per heavy atom. The molecule has 6 heteroatoms. The summed E-state index contributed by atoms with van der Waals surface area (Å²) in [6.07, 6.45) is 4.82. The van der Waals surface area contributed by atoms with Crippen molar-refractivity contribution in [3.05, 3.63) is 58.3 Å². The number of hydrogen-bond donors (Lipinski definition) is 2. The van der Waals surface area contributed by atoms with Gasteiger partial charge in [-0.05, 0) is 53.8 Å². The molecule has 2 aromatic carbocycles. The molecule has 0 unspecified atom stereocenters. The molecule has 0 aromatic heterocycles. The standard InChI is InChI=1S/C21H25N2O4/c1-26-18-11-16-17(12-19(18)27-2)21(9-3-4-10-21)13-22-20(16)14-5-7-15(8-6-14)23(24)25/h5-8,11-12,20,22,24H,3-4,9-10,13H2,1-2H3/q-1/t20-/m1/s1. The van der Waals surface area contributed by atoms with Crippen molar-refractivity contribution in [3.8, 4) is 11.5 Å². The lowest BCUT2D eigenvalue weighted by atomic mass is 9.71. The summed E-state index contributed by atoms with van der Waals surface area (Å²) in [5.41, 5.74) is 3.92. The van der Waals surface area contributed by atoms with E-state index in [2.05, 4.69) is 17.4 Å². The zero-order valence-electron chi connectivity index (χ0n) is 15.7. The quantitative estimate of drug-likeness (QED) is 0.796. The summed E-state index contributed by atoms with van der Waals surface area (Å²) >= 11 is 0. The zero-order chi connectivity index (χ0) is 19.0. The molecule has 1 aliphatic carbocycles. The first kappa shape index (κ1) is 18.1. The van der Waals surface area contributed by atoms with E-state index in [-0.39, 0.29) is 22.4 Å². The summed E-state index contributed by atoms with van der Waals surface area (Å²) in [5.74, 6) is 1.48. The minimum atomic E-state index is -0.118. The first-order valence-corrected chi connectivity index (χ1v) is 9.34. The summed E-state index contributed by atoms with van der Waals surface area (Å²) in [7, 11) is 3.33. The van der Waals surface area contributed by atoms with Crippen LogP contribution in [0.25, 0.3) is 0 Å². The van der Waals surface area contributed by atoms with Crippen LogP contribution in [0.15, 0.2) is 36.4 Å². The third-order valence-electron chi connectivity index (χ3n) is 6.09. The van der Waals surface area contributed by atoms with E-state index in [0.29, 0.717) is 0 Å². The number of nitrogens with one attached hydrogen (secondary N) is 1. The van der Waals surface area contributed by atoms with Crippen molar-refractivity contribution in [2.24, 2.45) is 0 Å². The summed E-state index contributed by atoms with van der Waals surface area (Å²) in [4.78, 5) is 0. The van der Waals surface area contributed by atoms with Gasteiger partial charge in [-0.15, -0.1) is 0 Å². The molecule has 1 spiro atoms. The number of rotatable bonds is 4. The second-order valence-electron chi connectivity index (χ2n) is 7.46. The lowest BCUT2D eigenvalue weighted by Gasteiger charge is -2.41. The largest absolute Gasteiger partial charge is 0.733 e. The number of fused-ring (bicyclic) bond motifs is 2. The van der Waals surface area contributed by atoms with Crippen LogP contribution in [0.1, 0.15) is 48.4 Å². The molecule has 2 N–H and O–H groups in total. The van der Waals surface area contributed by atoms with Gasteiger partial charge in [-0.1, -0.05) is 25.0 Å². The third kappa shape index (κ3) is 3.04. The predicted octanol–water partition coefficient (Wildman–Crippen LogP) is 3.90. The molecule has 2 aromatic rings. The van der Waals surface area contributed by atoms with Crippen molar-refractivity contribution in [1.29, 1.82) is 0 Å². The topological polar surface area (TPSA) is 77.0 Å². The SMILES string of the molecule is COc1cc2c(cc1OC)C1(CCCC1)CN[C@@H]2c1ccc(N([O-])O)cc1. The summed E-state index contributed by atoms with van der Waals surface area (Å²) in [6, 6.07) is 11.2. The minimum Gasteiger partial charge on any atom is -0.733 e. The zero-order valence-corrected chi connectivity index (χ0v) is 15.7. The van der Waals surface area contributed by atoms with Crippen LogP contribution in [0, 0.1) is 5.21 Å². The van der Waals surface area contributed by atoms with Gasteiger partial charge in [0.1, 0.15) is 0 Å². The Bertz CT molecular complexity index is 814. The van der Waals surface area contributed by atoms with Crippen molar-refractivity contribution in [2.75, 3.05) is 26.0 Å². The molecule has 6 nitrogen and oxygen atoms in total. The van der Waals surface area contributed by atoms with Gasteiger partial charge >= 0.3 is 0 Å². The van der Waals surface area contributed by atoms with E-state index in [9.17, 15) is 5.21 Å². The van der Waals surface area contributed by atoms with Crippen LogP contribution in [0.4, 0.5) is 5.69 Å². The molecule has 1 saturated carbocycles. The van der Waals surface area contributed by atoms with Crippen molar-refractivity contribution in [1.82, 2.24) is 5.32 Å². The highest BCUT2D eigenvalue weighted by molar-refractivity contribution is 5.56. The maximum absolute atomic E-state index is 11.1. The Morgan fingerprint density at radius 1 is 1.07 bits per heavy atom. The molecule has 4 rings (SSSR count). The normalized spacial score (nSPS) is 20.4. The van der Waals surface area contributed by atoms with Gasteiger partial charge in [0.05, 0.1) is 25.9 Å². The van der Waals surface area contributed by atoms with Gasteiger partial charge in [0.15, 0.2) is 11.5 Å². The number of benzene rings is 2. The fraction of sp³-hybridized carbons (Fsp3) is 0.429. The van der Waals surface area contributed by atoms with Crippen molar-refractivity contribution in [3.63, 3.8) is 0 Å². The molecule has 2 aliphatic rings. The molecule has 0 saturated heterocycles. The van der Waals surface area contributed by atoms with E-state index in [4.69, 9.17) is 14.7 Å². The molecule has 0 bridgehead atoms. The van der Waals surface area contributed by atoms with E-state index in [0.717, 1.165) is 23.6 Å². The van der Waals surface area contributed by atoms with E-state index < -0.39 is 0 Å².